The van der Waals surface area contributed by atoms with Gasteiger partial charge < -0.3 is 10.1 Å². The van der Waals surface area contributed by atoms with Crippen molar-refractivity contribution < 1.29 is 19.1 Å². The number of hydrogen-bond acceptors (Lipinski definition) is 4. The Hall–Kier alpha value is -1.39. The summed E-state index contributed by atoms with van der Waals surface area (Å²) in [7, 11) is 1.26. The lowest BCUT2D eigenvalue weighted by atomic mass is 10.0. The molecule has 15 heavy (non-hydrogen) atoms. The number of carbonyl (C=O) groups is 3. The highest BCUT2D eigenvalue weighted by Gasteiger charge is 2.24. The van der Waals surface area contributed by atoms with Crippen molar-refractivity contribution in [2.24, 2.45) is 5.92 Å². The SMILES string of the molecule is COC(=O)[C@H](NC(=O)CC(C)=O)C(C)C. The van der Waals surface area contributed by atoms with Crippen molar-refractivity contribution >= 4 is 17.7 Å². The number of esters is 1. The first-order valence-electron chi connectivity index (χ1n) is 4.75. The van der Waals surface area contributed by atoms with E-state index in [9.17, 15) is 14.4 Å². The van der Waals surface area contributed by atoms with Gasteiger partial charge in [-0.05, 0) is 12.8 Å². The second-order valence-electron chi connectivity index (χ2n) is 3.69. The minimum atomic E-state index is -0.693. The van der Waals surface area contributed by atoms with Gasteiger partial charge in [-0.15, -0.1) is 0 Å². The molecule has 0 bridgehead atoms. The molecule has 0 saturated heterocycles. The number of ether oxygens (including phenoxy) is 1. The lowest BCUT2D eigenvalue weighted by Gasteiger charge is -2.19. The molecule has 0 aliphatic heterocycles. The van der Waals surface area contributed by atoms with Crippen LogP contribution in [-0.4, -0.2) is 30.8 Å². The fourth-order valence-corrected chi connectivity index (χ4v) is 1.08. The van der Waals surface area contributed by atoms with Crippen LogP contribution in [0.2, 0.25) is 0 Å². The molecule has 5 nitrogen and oxygen atoms in total. The summed E-state index contributed by atoms with van der Waals surface area (Å²) in [6, 6.07) is -0.693. The third-order valence-corrected chi connectivity index (χ3v) is 1.85. The molecule has 0 rings (SSSR count). The van der Waals surface area contributed by atoms with E-state index in [1.807, 2.05) is 0 Å². The molecule has 1 atom stereocenters. The lowest BCUT2D eigenvalue weighted by molar-refractivity contribution is -0.146. The summed E-state index contributed by atoms with van der Waals surface area (Å²) >= 11 is 0. The van der Waals surface area contributed by atoms with Gasteiger partial charge in [0.25, 0.3) is 0 Å². The predicted octanol–water partition coefficient (Wildman–Crippen LogP) is 0.279. The highest BCUT2D eigenvalue weighted by Crippen LogP contribution is 2.03. The number of methoxy groups -OCH3 is 1. The maximum atomic E-state index is 11.3. The van der Waals surface area contributed by atoms with Crippen LogP contribution in [0.1, 0.15) is 27.2 Å². The summed E-state index contributed by atoms with van der Waals surface area (Å²) in [4.78, 5) is 33.2. The zero-order valence-electron chi connectivity index (χ0n) is 9.49. The Labute approximate surface area is 89.2 Å². The van der Waals surface area contributed by atoms with Crippen molar-refractivity contribution in [1.82, 2.24) is 5.32 Å². The van der Waals surface area contributed by atoms with Crippen LogP contribution in [0.4, 0.5) is 0 Å². The van der Waals surface area contributed by atoms with Crippen LogP contribution < -0.4 is 5.32 Å². The summed E-state index contributed by atoms with van der Waals surface area (Å²) in [5.41, 5.74) is 0. The normalized spacial score (nSPS) is 12.1. The summed E-state index contributed by atoms with van der Waals surface area (Å²) in [6.45, 7) is 4.90. The zero-order valence-corrected chi connectivity index (χ0v) is 9.49. The van der Waals surface area contributed by atoms with Crippen LogP contribution in [0, 0.1) is 5.92 Å². The standard InChI is InChI=1S/C10H17NO4/c1-6(2)9(10(14)15-4)11-8(13)5-7(3)12/h6,9H,5H2,1-4H3,(H,11,13)/t9-/m1/s1. The van der Waals surface area contributed by atoms with Gasteiger partial charge in [0.2, 0.25) is 5.91 Å². The Kier molecular flexibility index (Phi) is 5.59. The molecule has 0 fully saturated rings. The Morgan fingerprint density at radius 3 is 2.13 bits per heavy atom. The quantitative estimate of drug-likeness (QED) is 0.528. The second kappa shape index (κ2) is 6.16. The van der Waals surface area contributed by atoms with Crippen LogP contribution >= 0.6 is 0 Å². The molecule has 0 aromatic rings. The van der Waals surface area contributed by atoms with Crippen molar-refractivity contribution in [3.8, 4) is 0 Å². The number of Topliss-reactive ketones (excluding diaryl/α,β-unsaturated/α-hetero) is 1. The van der Waals surface area contributed by atoms with Gasteiger partial charge in [0.15, 0.2) is 0 Å². The summed E-state index contributed by atoms with van der Waals surface area (Å²) in [5, 5.41) is 2.46. The lowest BCUT2D eigenvalue weighted by Crippen LogP contribution is -2.45. The largest absolute Gasteiger partial charge is 0.467 e. The van der Waals surface area contributed by atoms with Gasteiger partial charge >= 0.3 is 5.97 Å². The van der Waals surface area contributed by atoms with Crippen molar-refractivity contribution in [1.29, 1.82) is 0 Å². The summed E-state index contributed by atoms with van der Waals surface area (Å²) in [6.07, 6.45) is -0.208. The van der Waals surface area contributed by atoms with Crippen LogP contribution in [0.3, 0.4) is 0 Å². The van der Waals surface area contributed by atoms with Gasteiger partial charge in [0.05, 0.1) is 13.5 Å². The van der Waals surface area contributed by atoms with Gasteiger partial charge in [0, 0.05) is 0 Å². The molecular formula is C10H17NO4. The molecule has 0 aliphatic rings. The van der Waals surface area contributed by atoms with E-state index in [2.05, 4.69) is 10.1 Å². The fraction of sp³-hybridized carbons (Fsp3) is 0.700. The molecule has 1 amide bonds. The average molecular weight is 215 g/mol. The molecule has 5 heteroatoms. The van der Waals surface area contributed by atoms with Crippen molar-refractivity contribution in [2.75, 3.05) is 7.11 Å². The molecule has 0 aromatic heterocycles. The van der Waals surface area contributed by atoms with E-state index < -0.39 is 17.9 Å². The predicted molar refractivity (Wildman–Crippen MR) is 54.1 cm³/mol. The molecule has 0 unspecified atom stereocenters. The third-order valence-electron chi connectivity index (χ3n) is 1.85. The van der Waals surface area contributed by atoms with E-state index >= 15 is 0 Å². The molecule has 0 saturated carbocycles. The van der Waals surface area contributed by atoms with Crippen LogP contribution in [0.25, 0.3) is 0 Å². The molecule has 1 N–H and O–H groups in total. The summed E-state index contributed by atoms with van der Waals surface area (Å²) < 4.78 is 4.54. The Morgan fingerprint density at radius 2 is 1.80 bits per heavy atom. The molecule has 0 radical (unpaired) electrons. The van der Waals surface area contributed by atoms with E-state index in [0.717, 1.165) is 0 Å². The van der Waals surface area contributed by atoms with Crippen LogP contribution in [-0.2, 0) is 19.1 Å². The molecule has 0 heterocycles. The molecule has 86 valence electrons. The first kappa shape index (κ1) is 13.6. The van der Waals surface area contributed by atoms with Crippen molar-refractivity contribution in [3.63, 3.8) is 0 Å². The molecular weight excluding hydrogens is 198 g/mol. The third kappa shape index (κ3) is 5.15. The number of ketones is 1. The number of carbonyl (C=O) groups excluding carboxylic acids is 3. The Bertz CT molecular complexity index is 260. The zero-order chi connectivity index (χ0) is 12.0. The fourth-order valence-electron chi connectivity index (χ4n) is 1.08. The van der Waals surface area contributed by atoms with Gasteiger partial charge in [-0.25, -0.2) is 4.79 Å². The van der Waals surface area contributed by atoms with E-state index in [1.165, 1.54) is 14.0 Å². The minimum Gasteiger partial charge on any atom is -0.467 e. The van der Waals surface area contributed by atoms with Crippen LogP contribution in [0.5, 0.6) is 0 Å². The first-order chi connectivity index (χ1) is 6.88. The minimum absolute atomic E-state index is 0.0756. The van der Waals surface area contributed by atoms with E-state index in [0.29, 0.717) is 0 Å². The Balaban J connectivity index is 4.35. The van der Waals surface area contributed by atoms with Gasteiger partial charge in [-0.3, -0.25) is 9.59 Å². The topological polar surface area (TPSA) is 72.5 Å². The first-order valence-corrected chi connectivity index (χ1v) is 4.75. The van der Waals surface area contributed by atoms with E-state index in [1.54, 1.807) is 13.8 Å². The maximum Gasteiger partial charge on any atom is 0.328 e. The highest BCUT2D eigenvalue weighted by molar-refractivity contribution is 5.98. The average Bonchev–Trinajstić information content (AvgIpc) is 2.11. The smallest absolute Gasteiger partial charge is 0.328 e. The van der Waals surface area contributed by atoms with Gasteiger partial charge in [-0.2, -0.15) is 0 Å². The second-order valence-corrected chi connectivity index (χ2v) is 3.69. The Morgan fingerprint density at radius 1 is 1.27 bits per heavy atom. The van der Waals surface area contributed by atoms with Gasteiger partial charge in [0.1, 0.15) is 11.8 Å². The summed E-state index contributed by atoms with van der Waals surface area (Å²) in [5.74, 6) is -1.26. The van der Waals surface area contributed by atoms with Crippen molar-refractivity contribution in [2.45, 2.75) is 33.2 Å². The number of amides is 1. The molecule has 0 aliphatic carbocycles. The van der Waals surface area contributed by atoms with E-state index in [-0.39, 0.29) is 18.1 Å². The molecule has 0 spiro atoms. The number of rotatable bonds is 5. The maximum absolute atomic E-state index is 11.3. The van der Waals surface area contributed by atoms with E-state index in [4.69, 9.17) is 0 Å². The monoisotopic (exact) mass is 215 g/mol. The molecule has 0 aromatic carbocycles. The van der Waals surface area contributed by atoms with Crippen LogP contribution in [0.15, 0.2) is 0 Å². The number of hydrogen-bond donors (Lipinski definition) is 1. The van der Waals surface area contributed by atoms with Crippen molar-refractivity contribution in [3.05, 3.63) is 0 Å². The number of nitrogens with one attached hydrogen (secondary N) is 1. The highest BCUT2D eigenvalue weighted by atomic mass is 16.5. The van der Waals surface area contributed by atoms with Gasteiger partial charge in [-0.1, -0.05) is 13.8 Å².